The van der Waals surface area contributed by atoms with Crippen molar-refractivity contribution in [1.82, 2.24) is 10.6 Å². The Balaban J connectivity index is 1.71. The van der Waals surface area contributed by atoms with E-state index >= 15 is 0 Å². The number of benzene rings is 1. The monoisotopic (exact) mass is 312 g/mol. The largest absolute Gasteiger partial charge is 0.347 e. The molecule has 2 fully saturated rings. The van der Waals surface area contributed by atoms with E-state index in [0.717, 1.165) is 18.7 Å². The van der Waals surface area contributed by atoms with Crippen LogP contribution in [-0.4, -0.2) is 19.0 Å². The first-order chi connectivity index (χ1) is 9.40. The summed E-state index contributed by atoms with van der Waals surface area (Å²) in [4.78, 5) is 12.4. The summed E-state index contributed by atoms with van der Waals surface area (Å²) in [6, 6.07) is 5.49. The summed E-state index contributed by atoms with van der Waals surface area (Å²) in [5, 5.41) is 7.49. The van der Waals surface area contributed by atoms with Gasteiger partial charge in [-0.2, -0.15) is 0 Å². The van der Waals surface area contributed by atoms with Crippen molar-refractivity contribution >= 4 is 29.1 Å². The molecule has 5 heteroatoms. The number of carbonyl (C=O) groups is 1. The van der Waals surface area contributed by atoms with Gasteiger partial charge in [-0.15, -0.1) is 0 Å². The molecule has 1 aromatic carbocycles. The van der Waals surface area contributed by atoms with Gasteiger partial charge in [-0.3, -0.25) is 4.79 Å². The lowest BCUT2D eigenvalue weighted by molar-refractivity contribution is -0.124. The minimum Gasteiger partial charge on any atom is -0.347 e. The van der Waals surface area contributed by atoms with Crippen LogP contribution in [0.15, 0.2) is 18.2 Å². The highest BCUT2D eigenvalue weighted by Gasteiger charge is 2.57. The van der Waals surface area contributed by atoms with Gasteiger partial charge in [0.1, 0.15) is 0 Å². The third-order valence-corrected chi connectivity index (χ3v) is 5.21. The molecule has 20 heavy (non-hydrogen) atoms. The van der Waals surface area contributed by atoms with E-state index < -0.39 is 5.54 Å². The van der Waals surface area contributed by atoms with E-state index in [4.69, 9.17) is 23.2 Å². The maximum Gasteiger partial charge on any atom is 0.224 e. The van der Waals surface area contributed by atoms with E-state index in [9.17, 15) is 4.79 Å². The molecule has 0 radical (unpaired) electrons. The zero-order valence-electron chi connectivity index (χ0n) is 11.5. The van der Waals surface area contributed by atoms with Crippen molar-refractivity contribution in [1.29, 1.82) is 0 Å². The number of amides is 1. The number of hydrogen-bond acceptors (Lipinski definition) is 2. The summed E-state index contributed by atoms with van der Waals surface area (Å²) < 4.78 is 0. The molecule has 0 aromatic heterocycles. The van der Waals surface area contributed by atoms with E-state index in [0.29, 0.717) is 21.9 Å². The van der Waals surface area contributed by atoms with Crippen molar-refractivity contribution in [3.63, 3.8) is 0 Å². The number of rotatable bonds is 3. The Kier molecular flexibility index (Phi) is 3.47. The number of carbonyl (C=O) groups excluding carboxylic acids is 1. The van der Waals surface area contributed by atoms with Gasteiger partial charge in [0.05, 0.1) is 15.6 Å². The Bertz CT molecular complexity index is 549. The summed E-state index contributed by atoms with van der Waals surface area (Å²) in [5.74, 6) is 1.38. The second kappa shape index (κ2) is 4.90. The van der Waals surface area contributed by atoms with Gasteiger partial charge in [-0.05, 0) is 56.5 Å². The molecule has 0 bridgehead atoms. The summed E-state index contributed by atoms with van der Waals surface area (Å²) in [7, 11) is 0. The molecule has 1 aliphatic heterocycles. The topological polar surface area (TPSA) is 41.1 Å². The number of hydrogen-bond donors (Lipinski definition) is 2. The lowest BCUT2D eigenvalue weighted by atomic mass is 9.94. The summed E-state index contributed by atoms with van der Waals surface area (Å²) in [6.07, 6.45) is 0. The molecule has 1 heterocycles. The predicted octanol–water partition coefficient (Wildman–Crippen LogP) is 2.81. The highest BCUT2D eigenvalue weighted by Crippen LogP contribution is 2.49. The van der Waals surface area contributed by atoms with E-state index in [1.807, 2.05) is 26.0 Å². The molecule has 108 valence electrons. The quantitative estimate of drug-likeness (QED) is 0.901. The zero-order valence-corrected chi connectivity index (χ0v) is 13.1. The van der Waals surface area contributed by atoms with E-state index in [1.54, 1.807) is 6.07 Å². The third-order valence-electron chi connectivity index (χ3n) is 4.47. The summed E-state index contributed by atoms with van der Waals surface area (Å²) in [5.41, 5.74) is 0.513. The molecule has 2 aliphatic rings. The first-order valence-corrected chi connectivity index (χ1v) is 7.64. The highest BCUT2D eigenvalue weighted by molar-refractivity contribution is 6.42. The molecule has 1 saturated carbocycles. The average molecular weight is 313 g/mol. The van der Waals surface area contributed by atoms with Crippen LogP contribution in [0.3, 0.4) is 0 Å². The van der Waals surface area contributed by atoms with Crippen molar-refractivity contribution in [2.45, 2.75) is 19.4 Å². The predicted molar refractivity (Wildman–Crippen MR) is 81.0 cm³/mol. The van der Waals surface area contributed by atoms with Crippen molar-refractivity contribution < 1.29 is 4.79 Å². The number of halogens is 2. The fourth-order valence-electron chi connectivity index (χ4n) is 3.16. The van der Waals surface area contributed by atoms with Crippen LogP contribution < -0.4 is 10.6 Å². The van der Waals surface area contributed by atoms with Crippen LogP contribution >= 0.6 is 23.2 Å². The van der Waals surface area contributed by atoms with Gasteiger partial charge in [0.25, 0.3) is 0 Å². The number of fused-ring (bicyclic) bond motifs is 1. The van der Waals surface area contributed by atoms with Crippen LogP contribution in [0.4, 0.5) is 0 Å². The normalized spacial score (nSPS) is 28.1. The van der Waals surface area contributed by atoms with Crippen LogP contribution in [0.1, 0.15) is 19.4 Å². The first-order valence-electron chi connectivity index (χ1n) is 6.88. The SMILES string of the molecule is CC(C)(NC(=O)C1C2CNCC21)c1ccc(Cl)c(Cl)c1. The summed E-state index contributed by atoms with van der Waals surface area (Å²) >= 11 is 12.0. The fraction of sp³-hybridized carbons (Fsp3) is 0.533. The Morgan fingerprint density at radius 1 is 1.25 bits per heavy atom. The molecule has 2 unspecified atom stereocenters. The van der Waals surface area contributed by atoms with Gasteiger partial charge in [-0.1, -0.05) is 29.3 Å². The summed E-state index contributed by atoms with van der Waals surface area (Å²) in [6.45, 7) is 5.91. The van der Waals surface area contributed by atoms with Gasteiger partial charge in [0.2, 0.25) is 5.91 Å². The molecule has 1 saturated heterocycles. The van der Waals surface area contributed by atoms with Crippen LogP contribution in [0.5, 0.6) is 0 Å². The van der Waals surface area contributed by atoms with Gasteiger partial charge in [-0.25, -0.2) is 0 Å². The van der Waals surface area contributed by atoms with Crippen LogP contribution in [0.2, 0.25) is 10.0 Å². The Morgan fingerprint density at radius 3 is 2.50 bits per heavy atom. The minimum atomic E-state index is -0.449. The van der Waals surface area contributed by atoms with Gasteiger partial charge in [0.15, 0.2) is 0 Å². The third kappa shape index (κ3) is 2.43. The number of piperidine rings is 1. The van der Waals surface area contributed by atoms with E-state index in [1.165, 1.54) is 0 Å². The average Bonchev–Trinajstić information content (AvgIpc) is 2.87. The molecule has 2 atom stereocenters. The van der Waals surface area contributed by atoms with Crippen molar-refractivity contribution in [2.75, 3.05) is 13.1 Å². The second-order valence-corrected chi connectivity index (χ2v) is 7.07. The molecule has 0 spiro atoms. The first kappa shape index (κ1) is 14.2. The Morgan fingerprint density at radius 2 is 1.90 bits per heavy atom. The van der Waals surface area contributed by atoms with Gasteiger partial charge in [0, 0.05) is 5.92 Å². The lowest BCUT2D eigenvalue weighted by Crippen LogP contribution is -2.43. The van der Waals surface area contributed by atoms with Crippen molar-refractivity contribution in [3.8, 4) is 0 Å². The highest BCUT2D eigenvalue weighted by atomic mass is 35.5. The Hall–Kier alpha value is -0.770. The molecular weight excluding hydrogens is 295 g/mol. The fourth-order valence-corrected chi connectivity index (χ4v) is 3.45. The van der Waals surface area contributed by atoms with Crippen LogP contribution in [-0.2, 0) is 10.3 Å². The molecule has 1 aromatic rings. The molecule has 3 rings (SSSR count). The van der Waals surface area contributed by atoms with Gasteiger partial charge < -0.3 is 10.6 Å². The molecule has 1 amide bonds. The van der Waals surface area contributed by atoms with Crippen LogP contribution in [0, 0.1) is 17.8 Å². The molecular formula is C15H18Cl2N2O. The Labute approximate surface area is 129 Å². The number of nitrogens with one attached hydrogen (secondary N) is 2. The van der Waals surface area contributed by atoms with E-state index in [2.05, 4.69) is 10.6 Å². The van der Waals surface area contributed by atoms with E-state index in [-0.39, 0.29) is 11.8 Å². The van der Waals surface area contributed by atoms with Crippen molar-refractivity contribution in [3.05, 3.63) is 33.8 Å². The molecule has 1 aliphatic carbocycles. The standard InChI is InChI=1S/C15H18Cl2N2O/c1-15(2,8-3-4-11(16)12(17)5-8)19-14(20)13-9-6-18-7-10(9)13/h3-5,9-10,13,18H,6-7H2,1-2H3,(H,19,20). The maximum absolute atomic E-state index is 12.4. The zero-order chi connectivity index (χ0) is 14.5. The van der Waals surface area contributed by atoms with Gasteiger partial charge >= 0.3 is 0 Å². The van der Waals surface area contributed by atoms with Crippen LogP contribution in [0.25, 0.3) is 0 Å². The smallest absolute Gasteiger partial charge is 0.224 e. The molecule has 3 nitrogen and oxygen atoms in total. The molecule has 2 N–H and O–H groups in total. The maximum atomic E-state index is 12.4. The lowest BCUT2D eigenvalue weighted by Gasteiger charge is -2.27. The minimum absolute atomic E-state index is 0.151. The second-order valence-electron chi connectivity index (χ2n) is 6.25. The van der Waals surface area contributed by atoms with Crippen molar-refractivity contribution in [2.24, 2.45) is 17.8 Å².